The highest BCUT2D eigenvalue weighted by molar-refractivity contribution is 5.69. The summed E-state index contributed by atoms with van der Waals surface area (Å²) in [4.78, 5) is 11.2. The first-order chi connectivity index (χ1) is 9.54. The molecule has 0 aliphatic rings. The van der Waals surface area contributed by atoms with E-state index in [1.807, 2.05) is 0 Å². The van der Waals surface area contributed by atoms with E-state index in [4.69, 9.17) is 4.74 Å². The summed E-state index contributed by atoms with van der Waals surface area (Å²) in [5, 5.41) is 0. The number of esters is 1. The SMILES string of the molecule is COC(=O)CCOc1cc(C(C)(C)C)cc(C(C)(C)C)c1. The minimum Gasteiger partial charge on any atom is -0.493 e. The van der Waals surface area contributed by atoms with Gasteiger partial charge in [0.2, 0.25) is 0 Å². The third kappa shape index (κ3) is 5.41. The van der Waals surface area contributed by atoms with E-state index in [2.05, 4.69) is 64.5 Å². The summed E-state index contributed by atoms with van der Waals surface area (Å²) in [7, 11) is 1.39. The predicted molar refractivity (Wildman–Crippen MR) is 86.0 cm³/mol. The van der Waals surface area contributed by atoms with Gasteiger partial charge in [-0.25, -0.2) is 0 Å². The third-order valence-corrected chi connectivity index (χ3v) is 3.44. The van der Waals surface area contributed by atoms with Crippen molar-refractivity contribution < 1.29 is 14.3 Å². The smallest absolute Gasteiger partial charge is 0.308 e. The van der Waals surface area contributed by atoms with Gasteiger partial charge in [-0.2, -0.15) is 0 Å². The average Bonchev–Trinajstić information content (AvgIpc) is 2.36. The molecule has 1 rings (SSSR count). The third-order valence-electron chi connectivity index (χ3n) is 3.44. The highest BCUT2D eigenvalue weighted by atomic mass is 16.5. The Hall–Kier alpha value is -1.51. The van der Waals surface area contributed by atoms with E-state index in [9.17, 15) is 4.79 Å². The number of rotatable bonds is 4. The monoisotopic (exact) mass is 292 g/mol. The van der Waals surface area contributed by atoms with Crippen LogP contribution in [0.2, 0.25) is 0 Å². The van der Waals surface area contributed by atoms with Gasteiger partial charge in [-0.15, -0.1) is 0 Å². The molecule has 0 spiro atoms. The molecule has 0 aromatic heterocycles. The van der Waals surface area contributed by atoms with Crippen LogP contribution in [0.15, 0.2) is 18.2 Å². The minimum absolute atomic E-state index is 0.0573. The Kier molecular flexibility index (Phi) is 5.43. The Balaban J connectivity index is 3.00. The van der Waals surface area contributed by atoms with Crippen LogP contribution in [-0.4, -0.2) is 19.7 Å². The van der Waals surface area contributed by atoms with Gasteiger partial charge in [-0.1, -0.05) is 47.6 Å². The van der Waals surface area contributed by atoms with Crippen molar-refractivity contribution in [3.05, 3.63) is 29.3 Å². The van der Waals surface area contributed by atoms with E-state index in [0.29, 0.717) is 6.61 Å². The van der Waals surface area contributed by atoms with Crippen molar-refractivity contribution in [2.75, 3.05) is 13.7 Å². The molecule has 118 valence electrons. The van der Waals surface area contributed by atoms with Crippen molar-refractivity contribution in [1.82, 2.24) is 0 Å². The maximum Gasteiger partial charge on any atom is 0.308 e. The van der Waals surface area contributed by atoms with Crippen LogP contribution < -0.4 is 4.74 Å². The van der Waals surface area contributed by atoms with Crippen LogP contribution in [0.5, 0.6) is 5.75 Å². The van der Waals surface area contributed by atoms with Gasteiger partial charge in [0.15, 0.2) is 0 Å². The normalized spacial score (nSPS) is 12.1. The summed E-state index contributed by atoms with van der Waals surface area (Å²) in [6, 6.07) is 6.37. The lowest BCUT2D eigenvalue weighted by molar-refractivity contribution is -0.141. The lowest BCUT2D eigenvalue weighted by atomic mass is 9.80. The first kappa shape index (κ1) is 17.5. The second kappa shape index (κ2) is 6.50. The number of benzene rings is 1. The summed E-state index contributed by atoms with van der Waals surface area (Å²) in [6.07, 6.45) is 0.265. The van der Waals surface area contributed by atoms with Crippen molar-refractivity contribution in [3.8, 4) is 5.75 Å². The number of carbonyl (C=O) groups is 1. The molecule has 0 bridgehead atoms. The van der Waals surface area contributed by atoms with E-state index in [-0.39, 0.29) is 23.2 Å². The topological polar surface area (TPSA) is 35.5 Å². The standard InChI is InChI=1S/C18H28O3/c1-17(2,3)13-10-14(18(4,5)6)12-15(11-13)21-9-8-16(19)20-7/h10-12H,8-9H2,1-7H3. The number of ether oxygens (including phenoxy) is 2. The van der Waals surface area contributed by atoms with Crippen LogP contribution in [0.1, 0.15) is 59.1 Å². The molecular weight excluding hydrogens is 264 g/mol. The maximum atomic E-state index is 11.2. The molecule has 0 saturated heterocycles. The molecule has 1 aromatic rings. The molecule has 21 heavy (non-hydrogen) atoms. The van der Waals surface area contributed by atoms with Gasteiger partial charge >= 0.3 is 5.97 Å². The fraction of sp³-hybridized carbons (Fsp3) is 0.611. The fourth-order valence-corrected chi connectivity index (χ4v) is 1.90. The molecular formula is C18H28O3. The minimum atomic E-state index is -0.252. The van der Waals surface area contributed by atoms with Crippen LogP contribution in [0.3, 0.4) is 0 Å². The Morgan fingerprint density at radius 3 is 1.81 bits per heavy atom. The average molecular weight is 292 g/mol. The molecule has 0 aliphatic carbocycles. The number of hydrogen-bond acceptors (Lipinski definition) is 3. The molecule has 3 heteroatoms. The van der Waals surface area contributed by atoms with E-state index < -0.39 is 0 Å². The lowest BCUT2D eigenvalue weighted by Gasteiger charge is -2.26. The van der Waals surface area contributed by atoms with E-state index in [0.717, 1.165) is 5.75 Å². The van der Waals surface area contributed by atoms with Gasteiger partial charge in [0.1, 0.15) is 5.75 Å². The number of carbonyl (C=O) groups excluding carboxylic acids is 1. The summed E-state index contributed by atoms with van der Waals surface area (Å²) in [5.41, 5.74) is 2.59. The second-order valence-corrected chi connectivity index (χ2v) is 7.42. The number of hydrogen-bond donors (Lipinski definition) is 0. The first-order valence-electron chi connectivity index (χ1n) is 7.39. The molecule has 0 atom stereocenters. The van der Waals surface area contributed by atoms with E-state index in [1.165, 1.54) is 18.2 Å². The van der Waals surface area contributed by atoms with Gasteiger partial charge in [-0.05, 0) is 34.1 Å². The van der Waals surface area contributed by atoms with Crippen LogP contribution >= 0.6 is 0 Å². The zero-order chi connectivity index (χ0) is 16.3. The van der Waals surface area contributed by atoms with Gasteiger partial charge in [-0.3, -0.25) is 4.79 Å². The van der Waals surface area contributed by atoms with Gasteiger partial charge in [0, 0.05) is 0 Å². The van der Waals surface area contributed by atoms with Crippen molar-refractivity contribution in [1.29, 1.82) is 0 Å². The molecule has 0 heterocycles. The summed E-state index contributed by atoms with van der Waals surface area (Å²) < 4.78 is 10.4. The molecule has 1 aromatic carbocycles. The van der Waals surface area contributed by atoms with E-state index in [1.54, 1.807) is 0 Å². The fourth-order valence-electron chi connectivity index (χ4n) is 1.90. The molecule has 0 N–H and O–H groups in total. The van der Waals surface area contributed by atoms with Crippen molar-refractivity contribution >= 4 is 5.97 Å². The zero-order valence-electron chi connectivity index (χ0n) is 14.4. The quantitative estimate of drug-likeness (QED) is 0.779. The Labute approximate surface area is 128 Å². The highest BCUT2D eigenvalue weighted by Gasteiger charge is 2.21. The Morgan fingerprint density at radius 2 is 1.43 bits per heavy atom. The van der Waals surface area contributed by atoms with Gasteiger partial charge < -0.3 is 9.47 Å². The zero-order valence-corrected chi connectivity index (χ0v) is 14.4. The van der Waals surface area contributed by atoms with Crippen LogP contribution in [0, 0.1) is 0 Å². The Bertz CT molecular complexity index is 458. The second-order valence-electron chi connectivity index (χ2n) is 7.42. The van der Waals surface area contributed by atoms with Crippen LogP contribution in [0.25, 0.3) is 0 Å². The maximum absolute atomic E-state index is 11.2. The molecule has 0 aliphatic heterocycles. The molecule has 0 saturated carbocycles. The molecule has 3 nitrogen and oxygen atoms in total. The molecule has 0 unspecified atom stereocenters. The first-order valence-corrected chi connectivity index (χ1v) is 7.39. The lowest BCUT2D eigenvalue weighted by Crippen LogP contribution is -2.17. The molecule has 0 radical (unpaired) electrons. The number of methoxy groups -OCH3 is 1. The van der Waals surface area contributed by atoms with Crippen LogP contribution in [-0.2, 0) is 20.4 Å². The highest BCUT2D eigenvalue weighted by Crippen LogP contribution is 2.32. The van der Waals surface area contributed by atoms with Crippen molar-refractivity contribution in [2.45, 2.75) is 58.8 Å². The van der Waals surface area contributed by atoms with Crippen LogP contribution in [0.4, 0.5) is 0 Å². The summed E-state index contributed by atoms with van der Waals surface area (Å²) in [6.45, 7) is 13.5. The van der Waals surface area contributed by atoms with Crippen molar-refractivity contribution in [2.24, 2.45) is 0 Å². The summed E-state index contributed by atoms with van der Waals surface area (Å²) >= 11 is 0. The van der Waals surface area contributed by atoms with Gasteiger partial charge in [0.25, 0.3) is 0 Å². The van der Waals surface area contributed by atoms with E-state index >= 15 is 0 Å². The predicted octanol–water partition coefficient (Wildman–Crippen LogP) is 4.22. The molecule has 0 fully saturated rings. The van der Waals surface area contributed by atoms with Gasteiger partial charge in [0.05, 0.1) is 20.1 Å². The largest absolute Gasteiger partial charge is 0.493 e. The summed E-state index contributed by atoms with van der Waals surface area (Å²) in [5.74, 6) is 0.564. The van der Waals surface area contributed by atoms with Crippen molar-refractivity contribution in [3.63, 3.8) is 0 Å². The Morgan fingerprint density at radius 1 is 0.952 bits per heavy atom. The molecule has 0 amide bonds.